The van der Waals surface area contributed by atoms with Gasteiger partial charge in [0.05, 0.1) is 17.3 Å². The maximum Gasteiger partial charge on any atom is 0.254 e. The van der Waals surface area contributed by atoms with Crippen molar-refractivity contribution in [3.63, 3.8) is 0 Å². The summed E-state index contributed by atoms with van der Waals surface area (Å²) < 4.78 is 28.9. The van der Waals surface area contributed by atoms with Crippen molar-refractivity contribution in [1.82, 2.24) is 10.2 Å². The summed E-state index contributed by atoms with van der Waals surface area (Å²) in [5.74, 6) is -0.124. The highest BCUT2D eigenvalue weighted by Crippen LogP contribution is 2.15. The minimum absolute atomic E-state index is 0.0603. The lowest BCUT2D eigenvalue weighted by Crippen LogP contribution is -2.52. The van der Waals surface area contributed by atoms with Gasteiger partial charge in [0.15, 0.2) is 9.84 Å². The van der Waals surface area contributed by atoms with Crippen LogP contribution in [0.5, 0.6) is 0 Å². The number of carbonyl (C=O) groups is 1. The molecule has 1 amide bonds. The van der Waals surface area contributed by atoms with Gasteiger partial charge in [0.25, 0.3) is 5.91 Å². The van der Waals surface area contributed by atoms with Crippen LogP contribution in [-0.2, 0) is 14.6 Å². The third kappa shape index (κ3) is 3.85. The molecule has 0 saturated carbocycles. The van der Waals surface area contributed by atoms with Gasteiger partial charge >= 0.3 is 0 Å². The van der Waals surface area contributed by atoms with E-state index in [4.69, 9.17) is 4.74 Å². The number of hydrogen-bond acceptors (Lipinski definition) is 5. The van der Waals surface area contributed by atoms with Crippen molar-refractivity contribution in [2.45, 2.75) is 17.9 Å². The van der Waals surface area contributed by atoms with E-state index in [1.165, 1.54) is 19.2 Å². The smallest absolute Gasteiger partial charge is 0.254 e. The Morgan fingerprint density at radius 1 is 1.36 bits per heavy atom. The molecule has 2 rings (SSSR count). The Morgan fingerprint density at radius 2 is 2.05 bits per heavy atom. The van der Waals surface area contributed by atoms with Gasteiger partial charge in [0, 0.05) is 38.3 Å². The molecule has 122 valence electrons. The van der Waals surface area contributed by atoms with Crippen molar-refractivity contribution in [2.75, 3.05) is 39.1 Å². The number of nitrogens with zero attached hydrogens (tertiary/aromatic N) is 1. The summed E-state index contributed by atoms with van der Waals surface area (Å²) in [4.78, 5) is 14.5. The Bertz CT molecular complexity index is 613. The zero-order chi connectivity index (χ0) is 16.2. The largest absolute Gasteiger partial charge is 0.384 e. The molecule has 0 spiro atoms. The Kier molecular flexibility index (Phi) is 5.55. The van der Waals surface area contributed by atoms with Crippen LogP contribution in [0.2, 0.25) is 0 Å². The van der Waals surface area contributed by atoms with Crippen LogP contribution < -0.4 is 5.32 Å². The first-order chi connectivity index (χ1) is 10.5. The van der Waals surface area contributed by atoms with Crippen molar-refractivity contribution >= 4 is 15.7 Å². The van der Waals surface area contributed by atoms with Crippen LogP contribution in [0.1, 0.15) is 17.3 Å². The summed E-state index contributed by atoms with van der Waals surface area (Å²) in [5, 5.41) is 3.23. The zero-order valence-electron chi connectivity index (χ0n) is 12.9. The molecule has 6 nitrogen and oxygen atoms in total. The van der Waals surface area contributed by atoms with Gasteiger partial charge in [-0.1, -0.05) is 0 Å². The number of benzene rings is 1. The molecule has 1 aliphatic rings. The maximum absolute atomic E-state index is 12.5. The molecule has 22 heavy (non-hydrogen) atoms. The highest BCUT2D eigenvalue weighted by Gasteiger charge is 2.24. The molecule has 7 heteroatoms. The van der Waals surface area contributed by atoms with Crippen LogP contribution >= 0.6 is 0 Å². The Hall–Kier alpha value is -1.44. The molecule has 0 aromatic heterocycles. The highest BCUT2D eigenvalue weighted by atomic mass is 32.2. The predicted molar refractivity (Wildman–Crippen MR) is 83.7 cm³/mol. The standard InChI is InChI=1S/C15H22N2O4S/c1-12-11-16-7-8-17(12)15(18)13-3-5-14(6-4-13)22(19,20)10-9-21-2/h3-6,12,16H,7-11H2,1-2H3. The molecule has 1 saturated heterocycles. The van der Waals surface area contributed by atoms with Gasteiger partial charge in [-0.2, -0.15) is 0 Å². The Morgan fingerprint density at radius 3 is 2.64 bits per heavy atom. The molecule has 1 unspecified atom stereocenters. The maximum atomic E-state index is 12.5. The van der Waals surface area contributed by atoms with Gasteiger partial charge in [-0.25, -0.2) is 8.42 Å². The molecule has 1 aliphatic heterocycles. The lowest BCUT2D eigenvalue weighted by molar-refractivity contribution is 0.0655. The van der Waals surface area contributed by atoms with E-state index in [9.17, 15) is 13.2 Å². The van der Waals surface area contributed by atoms with Gasteiger partial charge < -0.3 is 15.0 Å². The van der Waals surface area contributed by atoms with Crippen LogP contribution in [0, 0.1) is 0 Å². The third-order valence-corrected chi connectivity index (χ3v) is 5.47. The van der Waals surface area contributed by atoms with Crippen LogP contribution in [0.15, 0.2) is 29.2 Å². The number of nitrogens with one attached hydrogen (secondary N) is 1. The molecule has 1 fully saturated rings. The first kappa shape index (κ1) is 16.9. The van der Waals surface area contributed by atoms with Gasteiger partial charge in [-0.05, 0) is 31.2 Å². The molecule has 0 bridgehead atoms. The lowest BCUT2D eigenvalue weighted by atomic mass is 10.1. The number of ether oxygens (including phenoxy) is 1. The fourth-order valence-electron chi connectivity index (χ4n) is 2.42. The summed E-state index contributed by atoms with van der Waals surface area (Å²) in [6.45, 7) is 4.36. The second-order valence-corrected chi connectivity index (χ2v) is 7.50. The van der Waals surface area contributed by atoms with Crippen LogP contribution in [0.4, 0.5) is 0 Å². The third-order valence-electron chi connectivity index (χ3n) is 3.78. The molecule has 1 aromatic carbocycles. The number of sulfone groups is 1. The van der Waals surface area contributed by atoms with Gasteiger partial charge in [0.2, 0.25) is 0 Å². The second kappa shape index (κ2) is 7.21. The van der Waals surface area contributed by atoms with E-state index in [1.807, 2.05) is 11.8 Å². The quantitative estimate of drug-likeness (QED) is 0.855. The normalized spacial score (nSPS) is 19.2. The van der Waals surface area contributed by atoms with Crippen molar-refractivity contribution in [3.05, 3.63) is 29.8 Å². The Labute approximate surface area is 131 Å². The molecule has 1 heterocycles. The Balaban J connectivity index is 2.13. The summed E-state index contributed by atoms with van der Waals surface area (Å²) in [7, 11) is -1.90. The summed E-state index contributed by atoms with van der Waals surface area (Å²) in [6, 6.07) is 6.27. The van der Waals surface area contributed by atoms with Crippen LogP contribution in [0.3, 0.4) is 0 Å². The van der Waals surface area contributed by atoms with E-state index in [1.54, 1.807) is 12.1 Å². The number of amides is 1. The summed E-state index contributed by atoms with van der Waals surface area (Å²) >= 11 is 0. The van der Waals surface area contributed by atoms with Gasteiger partial charge in [0.1, 0.15) is 0 Å². The number of rotatable bonds is 5. The lowest BCUT2D eigenvalue weighted by Gasteiger charge is -2.34. The predicted octanol–water partition coefficient (Wildman–Crippen LogP) is 0.541. The van der Waals surface area contributed by atoms with Crippen LogP contribution in [0.25, 0.3) is 0 Å². The summed E-state index contributed by atoms with van der Waals surface area (Å²) in [5.41, 5.74) is 0.513. The first-order valence-electron chi connectivity index (χ1n) is 7.29. The van der Waals surface area contributed by atoms with Crippen LogP contribution in [-0.4, -0.2) is 64.4 Å². The molecule has 0 radical (unpaired) electrons. The van der Waals surface area contributed by atoms with Crippen molar-refractivity contribution < 1.29 is 17.9 Å². The van der Waals surface area contributed by atoms with E-state index in [2.05, 4.69) is 5.32 Å². The van der Waals surface area contributed by atoms with E-state index in [0.717, 1.165) is 13.1 Å². The molecule has 1 N–H and O–H groups in total. The fourth-order valence-corrected chi connectivity index (χ4v) is 3.60. The molecule has 0 aliphatic carbocycles. The fraction of sp³-hybridized carbons (Fsp3) is 0.533. The average Bonchev–Trinajstić information content (AvgIpc) is 2.53. The molecule has 1 atom stereocenters. The topological polar surface area (TPSA) is 75.7 Å². The monoisotopic (exact) mass is 326 g/mol. The SMILES string of the molecule is COCCS(=O)(=O)c1ccc(C(=O)N2CCNCC2C)cc1. The number of piperazine rings is 1. The highest BCUT2D eigenvalue weighted by molar-refractivity contribution is 7.91. The van der Waals surface area contributed by atoms with Gasteiger partial charge in [-0.3, -0.25) is 4.79 Å². The number of carbonyl (C=O) groups excluding carboxylic acids is 1. The second-order valence-electron chi connectivity index (χ2n) is 5.39. The van der Waals surface area contributed by atoms with E-state index in [-0.39, 0.29) is 29.2 Å². The van der Waals surface area contributed by atoms with E-state index < -0.39 is 9.84 Å². The minimum Gasteiger partial charge on any atom is -0.384 e. The molecular formula is C15H22N2O4S. The zero-order valence-corrected chi connectivity index (χ0v) is 13.7. The van der Waals surface area contributed by atoms with E-state index >= 15 is 0 Å². The van der Waals surface area contributed by atoms with Crippen molar-refractivity contribution in [3.8, 4) is 0 Å². The summed E-state index contributed by atoms with van der Waals surface area (Å²) in [6.07, 6.45) is 0. The minimum atomic E-state index is -3.36. The van der Waals surface area contributed by atoms with Crippen molar-refractivity contribution in [1.29, 1.82) is 0 Å². The average molecular weight is 326 g/mol. The molecule has 1 aromatic rings. The number of hydrogen-bond donors (Lipinski definition) is 1. The van der Waals surface area contributed by atoms with Gasteiger partial charge in [-0.15, -0.1) is 0 Å². The first-order valence-corrected chi connectivity index (χ1v) is 8.94. The van der Waals surface area contributed by atoms with E-state index in [0.29, 0.717) is 12.1 Å². The van der Waals surface area contributed by atoms with Crippen molar-refractivity contribution in [2.24, 2.45) is 0 Å². The number of methoxy groups -OCH3 is 1. The molecular weight excluding hydrogens is 304 g/mol.